The molecule has 0 saturated carbocycles. The predicted octanol–water partition coefficient (Wildman–Crippen LogP) is 4.43. The lowest BCUT2D eigenvalue weighted by Gasteiger charge is -2.04. The van der Waals surface area contributed by atoms with E-state index < -0.39 is 0 Å². The van der Waals surface area contributed by atoms with Gasteiger partial charge in [0.05, 0.1) is 5.75 Å². The van der Waals surface area contributed by atoms with Crippen LogP contribution in [0.4, 0.5) is 0 Å². The molecule has 19 heavy (non-hydrogen) atoms. The zero-order valence-corrected chi connectivity index (χ0v) is 12.6. The van der Waals surface area contributed by atoms with Crippen LogP contribution in [0, 0.1) is 0 Å². The number of rotatable bonds is 6. The molecule has 2 atom stereocenters. The quantitative estimate of drug-likeness (QED) is 0.739. The molecular formula is C14H17ClN2OS. The smallest absolute Gasteiger partial charge is 0.249 e. The van der Waals surface area contributed by atoms with Gasteiger partial charge in [0.15, 0.2) is 5.82 Å². The van der Waals surface area contributed by atoms with Gasteiger partial charge in [-0.2, -0.15) is 16.7 Å². The predicted molar refractivity (Wildman–Crippen MR) is 79.5 cm³/mol. The maximum Gasteiger partial charge on any atom is 0.249 e. The van der Waals surface area contributed by atoms with Crippen LogP contribution in [-0.2, 0) is 5.75 Å². The lowest BCUT2D eigenvalue weighted by Crippen LogP contribution is -1.96. The number of aromatic nitrogens is 2. The fraction of sp³-hybridized carbons (Fsp3) is 0.429. The van der Waals surface area contributed by atoms with Crippen LogP contribution in [-0.4, -0.2) is 15.4 Å². The summed E-state index contributed by atoms with van der Waals surface area (Å²) < 4.78 is 5.24. The van der Waals surface area contributed by atoms with Gasteiger partial charge in [0.25, 0.3) is 0 Å². The maximum atomic E-state index is 6.33. The molecule has 102 valence electrons. The van der Waals surface area contributed by atoms with Gasteiger partial charge in [-0.1, -0.05) is 49.3 Å². The summed E-state index contributed by atoms with van der Waals surface area (Å²) in [6.07, 6.45) is 1.14. The topological polar surface area (TPSA) is 38.9 Å². The van der Waals surface area contributed by atoms with Crippen molar-refractivity contribution in [2.24, 2.45) is 0 Å². The Morgan fingerprint density at radius 1 is 1.32 bits per heavy atom. The normalized spacial score (nSPS) is 14.3. The van der Waals surface area contributed by atoms with E-state index in [1.54, 1.807) is 0 Å². The SMILES string of the molecule is CCC(C)SCc1noc(C(Cl)c2ccccc2)n1. The van der Waals surface area contributed by atoms with Crippen LogP contribution >= 0.6 is 23.4 Å². The van der Waals surface area contributed by atoms with Crippen molar-refractivity contribution >= 4 is 23.4 Å². The summed E-state index contributed by atoms with van der Waals surface area (Å²) in [7, 11) is 0. The Balaban J connectivity index is 2.01. The van der Waals surface area contributed by atoms with Gasteiger partial charge in [-0.25, -0.2) is 0 Å². The van der Waals surface area contributed by atoms with E-state index in [4.69, 9.17) is 16.1 Å². The van der Waals surface area contributed by atoms with Gasteiger partial charge in [-0.3, -0.25) is 0 Å². The number of halogens is 1. The van der Waals surface area contributed by atoms with Crippen molar-refractivity contribution in [3.63, 3.8) is 0 Å². The molecule has 0 aliphatic heterocycles. The van der Waals surface area contributed by atoms with Crippen molar-refractivity contribution in [3.05, 3.63) is 47.6 Å². The van der Waals surface area contributed by atoms with Crippen LogP contribution in [0.5, 0.6) is 0 Å². The Kier molecular flexibility index (Phi) is 5.28. The van der Waals surface area contributed by atoms with Gasteiger partial charge in [0.2, 0.25) is 5.89 Å². The maximum absolute atomic E-state index is 6.33. The van der Waals surface area contributed by atoms with Gasteiger partial charge >= 0.3 is 0 Å². The standard InChI is InChI=1S/C14H17ClN2OS/c1-3-10(2)19-9-12-16-14(18-17-12)13(15)11-7-5-4-6-8-11/h4-8,10,13H,3,9H2,1-2H3. The Labute approximate surface area is 122 Å². The lowest BCUT2D eigenvalue weighted by atomic mass is 10.1. The molecule has 0 aliphatic rings. The summed E-state index contributed by atoms with van der Waals surface area (Å²) in [6.45, 7) is 4.36. The number of benzene rings is 1. The number of nitrogens with zero attached hydrogens (tertiary/aromatic N) is 2. The molecular weight excluding hydrogens is 280 g/mol. The first kappa shape index (κ1) is 14.4. The Bertz CT molecular complexity index is 503. The molecule has 1 aromatic heterocycles. The molecule has 1 heterocycles. The third kappa shape index (κ3) is 3.98. The highest BCUT2D eigenvalue weighted by Crippen LogP contribution is 2.27. The minimum absolute atomic E-state index is 0.379. The average molecular weight is 297 g/mol. The zero-order chi connectivity index (χ0) is 13.7. The number of thioether (sulfide) groups is 1. The first-order valence-corrected chi connectivity index (χ1v) is 7.82. The summed E-state index contributed by atoms with van der Waals surface area (Å²) in [5.74, 6) is 1.94. The van der Waals surface area contributed by atoms with Gasteiger partial charge in [-0.15, -0.1) is 11.6 Å². The largest absolute Gasteiger partial charge is 0.337 e. The molecule has 0 N–H and O–H groups in total. The van der Waals surface area contributed by atoms with Gasteiger partial charge < -0.3 is 4.52 Å². The number of alkyl halides is 1. The second kappa shape index (κ2) is 6.96. The monoisotopic (exact) mass is 296 g/mol. The van der Waals surface area contributed by atoms with E-state index in [-0.39, 0.29) is 5.38 Å². The summed E-state index contributed by atoms with van der Waals surface area (Å²) >= 11 is 8.15. The molecule has 0 spiro atoms. The molecule has 2 unspecified atom stereocenters. The van der Waals surface area contributed by atoms with E-state index in [9.17, 15) is 0 Å². The average Bonchev–Trinajstić information content (AvgIpc) is 2.93. The highest BCUT2D eigenvalue weighted by molar-refractivity contribution is 7.99. The van der Waals surface area contributed by atoms with Crippen LogP contribution in [0.1, 0.15) is 42.9 Å². The first-order valence-electron chi connectivity index (χ1n) is 6.33. The third-order valence-corrected chi connectivity index (χ3v) is 4.63. The molecule has 1 aromatic carbocycles. The fourth-order valence-electron chi connectivity index (χ4n) is 1.53. The molecule has 2 rings (SSSR count). The molecule has 2 aromatic rings. The minimum atomic E-state index is -0.379. The van der Waals surface area contributed by atoms with Crippen molar-refractivity contribution in [1.82, 2.24) is 10.1 Å². The Morgan fingerprint density at radius 2 is 2.05 bits per heavy atom. The Hall–Kier alpha value is -1.00. The summed E-state index contributed by atoms with van der Waals surface area (Å²) in [5, 5.41) is 4.20. The highest BCUT2D eigenvalue weighted by atomic mass is 35.5. The second-order valence-electron chi connectivity index (χ2n) is 4.35. The van der Waals surface area contributed by atoms with Gasteiger partial charge in [0.1, 0.15) is 5.38 Å². The molecule has 0 amide bonds. The minimum Gasteiger partial charge on any atom is -0.337 e. The van der Waals surface area contributed by atoms with E-state index >= 15 is 0 Å². The van der Waals surface area contributed by atoms with Crippen LogP contribution in [0.15, 0.2) is 34.9 Å². The third-order valence-electron chi connectivity index (χ3n) is 2.86. The van der Waals surface area contributed by atoms with Crippen LogP contribution in [0.2, 0.25) is 0 Å². The summed E-state index contributed by atoms with van der Waals surface area (Å²) in [4.78, 5) is 4.36. The molecule has 5 heteroatoms. The first-order chi connectivity index (χ1) is 9.20. The summed E-state index contributed by atoms with van der Waals surface area (Å²) in [5.41, 5.74) is 0.967. The second-order valence-corrected chi connectivity index (χ2v) is 6.22. The van der Waals surface area contributed by atoms with Crippen LogP contribution in [0.3, 0.4) is 0 Å². The van der Waals surface area contributed by atoms with Crippen molar-refractivity contribution in [1.29, 1.82) is 0 Å². The van der Waals surface area contributed by atoms with E-state index in [2.05, 4.69) is 24.0 Å². The zero-order valence-electron chi connectivity index (χ0n) is 11.0. The molecule has 0 saturated heterocycles. The van der Waals surface area contributed by atoms with Crippen LogP contribution < -0.4 is 0 Å². The molecule has 0 radical (unpaired) electrons. The highest BCUT2D eigenvalue weighted by Gasteiger charge is 2.18. The fourth-order valence-corrected chi connectivity index (χ4v) is 2.55. The van der Waals surface area contributed by atoms with Crippen LogP contribution in [0.25, 0.3) is 0 Å². The van der Waals surface area contributed by atoms with E-state index in [0.717, 1.165) is 17.7 Å². The molecule has 3 nitrogen and oxygen atoms in total. The molecule has 0 fully saturated rings. The van der Waals surface area contributed by atoms with E-state index in [1.807, 2.05) is 42.1 Å². The lowest BCUT2D eigenvalue weighted by molar-refractivity contribution is 0.378. The van der Waals surface area contributed by atoms with Gasteiger partial charge in [-0.05, 0) is 12.0 Å². The molecule has 0 bridgehead atoms. The van der Waals surface area contributed by atoms with Crippen molar-refractivity contribution in [2.75, 3.05) is 0 Å². The van der Waals surface area contributed by atoms with Gasteiger partial charge in [0, 0.05) is 5.25 Å². The molecule has 0 aliphatic carbocycles. The van der Waals surface area contributed by atoms with E-state index in [1.165, 1.54) is 0 Å². The van der Waals surface area contributed by atoms with Crippen molar-refractivity contribution in [2.45, 2.75) is 36.6 Å². The Morgan fingerprint density at radius 3 is 2.74 bits per heavy atom. The summed E-state index contributed by atoms with van der Waals surface area (Å²) in [6, 6.07) is 9.75. The number of hydrogen-bond donors (Lipinski definition) is 0. The van der Waals surface area contributed by atoms with E-state index in [0.29, 0.717) is 17.0 Å². The van der Waals surface area contributed by atoms with Crippen molar-refractivity contribution < 1.29 is 4.52 Å². The van der Waals surface area contributed by atoms with Crippen molar-refractivity contribution in [3.8, 4) is 0 Å². The number of hydrogen-bond acceptors (Lipinski definition) is 4.